The van der Waals surface area contributed by atoms with Crippen LogP contribution < -0.4 is 0 Å². The number of carbonyl (C=O) groups excluding carboxylic acids is 1. The number of thioether (sulfide) groups is 1. The fourth-order valence-electron chi connectivity index (χ4n) is 1.65. The van der Waals surface area contributed by atoms with Crippen molar-refractivity contribution in [2.45, 2.75) is 23.4 Å². The van der Waals surface area contributed by atoms with E-state index in [1.54, 1.807) is 25.1 Å². The number of fused-ring (bicyclic) bond motifs is 1. The summed E-state index contributed by atoms with van der Waals surface area (Å²) in [6, 6.07) is 6.35. The Bertz CT molecular complexity index is 676. The molecule has 0 amide bonds. The molecule has 1 aromatic heterocycles. The van der Waals surface area contributed by atoms with Gasteiger partial charge in [0.15, 0.2) is 0 Å². The number of hydrogen-bond donors (Lipinski definition) is 0. The molecular weight excluding hydrogens is 305 g/mol. The molecule has 1 atom stereocenters. The summed E-state index contributed by atoms with van der Waals surface area (Å²) in [5, 5.41) is -0.105. The van der Waals surface area contributed by atoms with Crippen LogP contribution >= 0.6 is 11.8 Å². The van der Waals surface area contributed by atoms with Crippen LogP contribution in [0.4, 0.5) is 13.2 Å². The van der Waals surface area contributed by atoms with Crippen molar-refractivity contribution in [3.63, 3.8) is 0 Å². The van der Waals surface area contributed by atoms with E-state index < -0.39 is 23.2 Å². The third-order valence-corrected chi connectivity index (χ3v) is 3.72. The molecular formula is C13H11F3N2O2S. The number of alkyl halides is 3. The first kappa shape index (κ1) is 15.6. The van der Waals surface area contributed by atoms with E-state index in [4.69, 9.17) is 0 Å². The van der Waals surface area contributed by atoms with Gasteiger partial charge in [0.05, 0.1) is 12.6 Å². The average Bonchev–Trinajstić information content (AvgIpc) is 2.45. The lowest BCUT2D eigenvalue weighted by atomic mass is 10.2. The molecule has 2 aromatic rings. The number of nitrogens with zero attached hydrogens (tertiary/aromatic N) is 2. The quantitative estimate of drug-likeness (QED) is 0.494. The number of methoxy groups -OCH3 is 1. The lowest BCUT2D eigenvalue weighted by Crippen LogP contribution is -2.16. The van der Waals surface area contributed by atoms with Gasteiger partial charge in [0.25, 0.3) is 0 Å². The second kappa shape index (κ2) is 5.88. The van der Waals surface area contributed by atoms with Gasteiger partial charge in [-0.25, -0.2) is 9.97 Å². The molecule has 0 aliphatic rings. The molecule has 0 saturated heterocycles. The lowest BCUT2D eigenvalue weighted by Gasteiger charge is -2.12. The van der Waals surface area contributed by atoms with E-state index in [1.807, 2.05) is 0 Å². The van der Waals surface area contributed by atoms with E-state index >= 15 is 0 Å². The number of aromatic nitrogens is 2. The maximum Gasteiger partial charge on any atom is 0.451 e. The Morgan fingerprint density at radius 3 is 2.57 bits per heavy atom. The highest BCUT2D eigenvalue weighted by Gasteiger charge is 2.35. The molecule has 4 nitrogen and oxygen atoms in total. The largest absolute Gasteiger partial charge is 0.468 e. The molecule has 0 saturated carbocycles. The lowest BCUT2D eigenvalue weighted by molar-refractivity contribution is -0.145. The molecule has 1 aromatic carbocycles. The Labute approximate surface area is 122 Å². The minimum absolute atomic E-state index is 0.103. The Balaban J connectivity index is 2.52. The van der Waals surface area contributed by atoms with Gasteiger partial charge in [0, 0.05) is 5.39 Å². The summed E-state index contributed by atoms with van der Waals surface area (Å²) >= 11 is 0.910. The predicted octanol–water partition coefficient (Wildman–Crippen LogP) is 3.30. The minimum Gasteiger partial charge on any atom is -0.468 e. The molecule has 21 heavy (non-hydrogen) atoms. The third-order valence-electron chi connectivity index (χ3n) is 2.64. The molecule has 0 N–H and O–H groups in total. The normalized spacial score (nSPS) is 13.2. The Morgan fingerprint density at radius 2 is 1.95 bits per heavy atom. The maximum atomic E-state index is 12.8. The number of rotatable bonds is 3. The van der Waals surface area contributed by atoms with Crippen LogP contribution in [0, 0.1) is 0 Å². The monoisotopic (exact) mass is 316 g/mol. The number of para-hydroxylation sites is 1. The van der Waals surface area contributed by atoms with Gasteiger partial charge in [0.2, 0.25) is 5.82 Å². The van der Waals surface area contributed by atoms with Crippen molar-refractivity contribution in [1.29, 1.82) is 0 Å². The van der Waals surface area contributed by atoms with Gasteiger partial charge in [-0.1, -0.05) is 30.0 Å². The molecule has 112 valence electrons. The second-order valence-electron chi connectivity index (χ2n) is 4.15. The van der Waals surface area contributed by atoms with Gasteiger partial charge in [-0.05, 0) is 13.0 Å². The zero-order valence-corrected chi connectivity index (χ0v) is 12.0. The molecule has 2 rings (SSSR count). The van der Waals surface area contributed by atoms with Gasteiger partial charge in [-0.15, -0.1) is 0 Å². The van der Waals surface area contributed by atoms with Crippen molar-refractivity contribution >= 4 is 28.6 Å². The van der Waals surface area contributed by atoms with E-state index in [1.165, 1.54) is 13.2 Å². The summed E-state index contributed by atoms with van der Waals surface area (Å²) in [7, 11) is 1.22. The summed E-state index contributed by atoms with van der Waals surface area (Å²) in [5.41, 5.74) is 0.180. The predicted molar refractivity (Wildman–Crippen MR) is 71.9 cm³/mol. The highest BCUT2D eigenvalue weighted by Crippen LogP contribution is 2.33. The van der Waals surface area contributed by atoms with Gasteiger partial charge in [-0.2, -0.15) is 13.2 Å². The standard InChI is InChI=1S/C13H11F3N2O2S/c1-7(11(19)20-2)21-10-8-5-3-4-6-9(8)17-12(18-10)13(14,15)16/h3-7H,1-2H3. The molecule has 0 radical (unpaired) electrons. The summed E-state index contributed by atoms with van der Waals surface area (Å²) in [5.74, 6) is -1.75. The van der Waals surface area contributed by atoms with Crippen molar-refractivity contribution in [2.24, 2.45) is 0 Å². The molecule has 0 spiro atoms. The van der Waals surface area contributed by atoms with Gasteiger partial charge in [0.1, 0.15) is 10.3 Å². The van der Waals surface area contributed by atoms with Gasteiger partial charge in [-0.3, -0.25) is 4.79 Å². The van der Waals surface area contributed by atoms with Crippen molar-refractivity contribution in [3.8, 4) is 0 Å². The first-order valence-corrected chi connectivity index (χ1v) is 6.79. The summed E-state index contributed by atoms with van der Waals surface area (Å²) < 4.78 is 43.1. The summed E-state index contributed by atoms with van der Waals surface area (Å²) in [6.45, 7) is 1.54. The van der Waals surface area contributed by atoms with E-state index in [0.717, 1.165) is 11.8 Å². The molecule has 0 aliphatic carbocycles. The fourth-order valence-corrected chi connectivity index (χ4v) is 2.61. The van der Waals surface area contributed by atoms with Gasteiger partial charge >= 0.3 is 12.1 Å². The topological polar surface area (TPSA) is 52.1 Å². The third kappa shape index (κ3) is 3.44. The van der Waals surface area contributed by atoms with Crippen LogP contribution in [0.3, 0.4) is 0 Å². The van der Waals surface area contributed by atoms with E-state index in [2.05, 4.69) is 14.7 Å². The number of ether oxygens (including phenoxy) is 1. The Morgan fingerprint density at radius 1 is 1.29 bits per heavy atom. The highest BCUT2D eigenvalue weighted by atomic mass is 32.2. The highest BCUT2D eigenvalue weighted by molar-refractivity contribution is 8.00. The number of carbonyl (C=O) groups is 1. The van der Waals surface area contributed by atoms with E-state index in [0.29, 0.717) is 5.39 Å². The van der Waals surface area contributed by atoms with Crippen molar-refractivity contribution < 1.29 is 22.7 Å². The molecule has 0 aliphatic heterocycles. The van der Waals surface area contributed by atoms with Crippen LogP contribution in [0.5, 0.6) is 0 Å². The number of esters is 1. The van der Waals surface area contributed by atoms with Gasteiger partial charge < -0.3 is 4.74 Å². The Hall–Kier alpha value is -1.83. The fraction of sp³-hybridized carbons (Fsp3) is 0.308. The zero-order chi connectivity index (χ0) is 15.6. The van der Waals surface area contributed by atoms with E-state index in [-0.39, 0.29) is 10.5 Å². The average molecular weight is 316 g/mol. The number of hydrogen-bond acceptors (Lipinski definition) is 5. The number of benzene rings is 1. The first-order chi connectivity index (χ1) is 9.82. The maximum absolute atomic E-state index is 12.8. The first-order valence-electron chi connectivity index (χ1n) is 5.91. The minimum atomic E-state index is -4.64. The second-order valence-corrected chi connectivity index (χ2v) is 5.48. The molecule has 0 bridgehead atoms. The molecule has 1 heterocycles. The van der Waals surface area contributed by atoms with Crippen LogP contribution in [0.2, 0.25) is 0 Å². The Kier molecular flexibility index (Phi) is 4.36. The van der Waals surface area contributed by atoms with Crippen molar-refractivity contribution in [2.75, 3.05) is 7.11 Å². The smallest absolute Gasteiger partial charge is 0.451 e. The summed E-state index contributed by atoms with van der Waals surface area (Å²) in [4.78, 5) is 18.5. The molecule has 0 fully saturated rings. The number of halogens is 3. The van der Waals surface area contributed by atoms with Crippen LogP contribution in [0.25, 0.3) is 10.9 Å². The van der Waals surface area contributed by atoms with Crippen LogP contribution in [-0.4, -0.2) is 28.3 Å². The van der Waals surface area contributed by atoms with Crippen molar-refractivity contribution in [3.05, 3.63) is 30.1 Å². The summed E-state index contributed by atoms with van der Waals surface area (Å²) in [6.07, 6.45) is -4.64. The SMILES string of the molecule is COC(=O)C(C)Sc1nc(C(F)(F)F)nc2ccccc12. The van der Waals surface area contributed by atoms with Crippen LogP contribution in [0.15, 0.2) is 29.3 Å². The zero-order valence-electron chi connectivity index (χ0n) is 11.1. The molecule has 8 heteroatoms. The van der Waals surface area contributed by atoms with Crippen LogP contribution in [-0.2, 0) is 15.7 Å². The van der Waals surface area contributed by atoms with E-state index in [9.17, 15) is 18.0 Å². The molecule has 1 unspecified atom stereocenters. The van der Waals surface area contributed by atoms with Crippen LogP contribution in [0.1, 0.15) is 12.7 Å². The van der Waals surface area contributed by atoms with Crippen molar-refractivity contribution in [1.82, 2.24) is 9.97 Å².